The van der Waals surface area contributed by atoms with E-state index in [4.69, 9.17) is 4.99 Å². The molecule has 1 saturated carbocycles. The first-order chi connectivity index (χ1) is 14.8. The van der Waals surface area contributed by atoms with E-state index >= 15 is 0 Å². The zero-order chi connectivity index (χ0) is 20.7. The molecule has 2 saturated heterocycles. The van der Waals surface area contributed by atoms with Crippen LogP contribution in [-0.4, -0.2) is 95.1 Å². The minimum absolute atomic E-state index is 0.475. The van der Waals surface area contributed by atoms with E-state index in [1.165, 1.54) is 44.4 Å². The van der Waals surface area contributed by atoms with Gasteiger partial charge in [-0.05, 0) is 25.8 Å². The molecule has 1 spiro atoms. The third-order valence-electron chi connectivity index (χ3n) is 6.53. The minimum atomic E-state index is 0.475. The van der Waals surface area contributed by atoms with Crippen LogP contribution in [0.15, 0.2) is 23.5 Å². The highest BCUT2D eigenvalue weighted by atomic mass is 32.2. The van der Waals surface area contributed by atoms with Gasteiger partial charge in [-0.15, -0.1) is 0 Å². The van der Waals surface area contributed by atoms with E-state index in [0.29, 0.717) is 4.75 Å². The SMILES string of the molecule is CCNC(=NCCN1CCN(c2ncccn2)CC1)N1CCSC2(CCCCC2)C1. The predicted molar refractivity (Wildman–Crippen MR) is 127 cm³/mol. The molecule has 1 aromatic heterocycles. The number of rotatable bonds is 5. The average Bonchev–Trinajstić information content (AvgIpc) is 2.80. The van der Waals surface area contributed by atoms with Crippen molar-refractivity contribution >= 4 is 23.7 Å². The van der Waals surface area contributed by atoms with E-state index in [1.807, 2.05) is 18.5 Å². The Morgan fingerprint density at radius 1 is 1.10 bits per heavy atom. The number of nitrogens with one attached hydrogen (secondary N) is 1. The van der Waals surface area contributed by atoms with Crippen molar-refractivity contribution in [2.75, 3.05) is 69.6 Å². The predicted octanol–water partition coefficient (Wildman–Crippen LogP) is 2.32. The molecular weight excluding hydrogens is 394 g/mol. The van der Waals surface area contributed by atoms with Gasteiger partial charge in [0.2, 0.25) is 5.95 Å². The number of aliphatic imine (C=N–C) groups is 1. The Labute approximate surface area is 185 Å². The molecule has 0 aromatic carbocycles. The molecule has 0 radical (unpaired) electrons. The molecule has 4 rings (SSSR count). The van der Waals surface area contributed by atoms with E-state index in [-0.39, 0.29) is 0 Å². The van der Waals surface area contributed by atoms with Gasteiger partial charge in [-0.3, -0.25) is 9.89 Å². The summed E-state index contributed by atoms with van der Waals surface area (Å²) in [4.78, 5) is 21.1. The van der Waals surface area contributed by atoms with Gasteiger partial charge in [0.1, 0.15) is 0 Å². The maximum atomic E-state index is 5.03. The molecule has 30 heavy (non-hydrogen) atoms. The van der Waals surface area contributed by atoms with Gasteiger partial charge < -0.3 is 15.1 Å². The van der Waals surface area contributed by atoms with Crippen molar-refractivity contribution in [2.24, 2.45) is 4.99 Å². The van der Waals surface area contributed by atoms with Gasteiger partial charge in [0.15, 0.2) is 5.96 Å². The van der Waals surface area contributed by atoms with Crippen molar-refractivity contribution in [3.63, 3.8) is 0 Å². The number of guanidine groups is 1. The van der Waals surface area contributed by atoms with Crippen LogP contribution in [0.25, 0.3) is 0 Å². The standard InChI is InChI=1S/C22H37N7S/c1-2-23-20(29-17-18-30-22(19-29)7-4-3-5-8-22)26-11-12-27-13-15-28(16-14-27)21-24-9-6-10-25-21/h6,9-10H,2-5,7-8,11-19H2,1H3,(H,23,26). The van der Waals surface area contributed by atoms with Crippen LogP contribution in [-0.2, 0) is 0 Å². The summed E-state index contributed by atoms with van der Waals surface area (Å²) in [5.74, 6) is 3.21. The fourth-order valence-corrected chi connectivity index (χ4v) is 6.44. The second kappa shape index (κ2) is 10.7. The smallest absolute Gasteiger partial charge is 0.225 e. The van der Waals surface area contributed by atoms with Crippen LogP contribution in [0.3, 0.4) is 0 Å². The number of thioether (sulfide) groups is 1. The lowest BCUT2D eigenvalue weighted by Crippen LogP contribution is -2.53. The number of hydrogen-bond acceptors (Lipinski definition) is 6. The molecule has 3 heterocycles. The van der Waals surface area contributed by atoms with Crippen LogP contribution in [0.4, 0.5) is 5.95 Å². The second-order valence-corrected chi connectivity index (χ2v) is 10.2. The number of nitrogens with zero attached hydrogens (tertiary/aromatic N) is 6. The Morgan fingerprint density at radius 3 is 2.60 bits per heavy atom. The third-order valence-corrected chi connectivity index (χ3v) is 8.07. The van der Waals surface area contributed by atoms with Crippen molar-refractivity contribution < 1.29 is 0 Å². The van der Waals surface area contributed by atoms with Crippen molar-refractivity contribution in [1.29, 1.82) is 0 Å². The third kappa shape index (κ3) is 5.58. The molecule has 0 bridgehead atoms. The topological polar surface area (TPSA) is 59.9 Å². The van der Waals surface area contributed by atoms with Gasteiger partial charge in [0.05, 0.1) is 6.54 Å². The van der Waals surface area contributed by atoms with Crippen LogP contribution in [0.2, 0.25) is 0 Å². The zero-order valence-corrected chi connectivity index (χ0v) is 19.2. The molecule has 2 aliphatic heterocycles. The lowest BCUT2D eigenvalue weighted by atomic mass is 9.87. The van der Waals surface area contributed by atoms with E-state index in [2.05, 4.69) is 48.7 Å². The molecule has 166 valence electrons. The molecule has 1 aliphatic carbocycles. The van der Waals surface area contributed by atoms with Gasteiger partial charge in [-0.1, -0.05) is 19.3 Å². The summed E-state index contributed by atoms with van der Waals surface area (Å²) in [6.45, 7) is 11.3. The van der Waals surface area contributed by atoms with Crippen LogP contribution < -0.4 is 10.2 Å². The summed E-state index contributed by atoms with van der Waals surface area (Å²) in [6.07, 6.45) is 10.6. The van der Waals surface area contributed by atoms with Crippen LogP contribution in [0.5, 0.6) is 0 Å². The number of anilines is 1. The highest BCUT2D eigenvalue weighted by molar-refractivity contribution is 8.00. The number of piperazine rings is 1. The fourth-order valence-electron chi connectivity index (χ4n) is 4.87. The molecule has 3 aliphatic rings. The van der Waals surface area contributed by atoms with Crippen molar-refractivity contribution in [1.82, 2.24) is 25.1 Å². The van der Waals surface area contributed by atoms with Crippen LogP contribution in [0, 0.1) is 0 Å². The lowest BCUT2D eigenvalue weighted by molar-refractivity contribution is 0.262. The Morgan fingerprint density at radius 2 is 1.87 bits per heavy atom. The quantitative estimate of drug-likeness (QED) is 0.567. The molecule has 1 N–H and O–H groups in total. The molecule has 0 unspecified atom stereocenters. The van der Waals surface area contributed by atoms with Crippen molar-refractivity contribution in [3.05, 3.63) is 18.5 Å². The van der Waals surface area contributed by atoms with E-state index in [9.17, 15) is 0 Å². The lowest BCUT2D eigenvalue weighted by Gasteiger charge is -2.45. The van der Waals surface area contributed by atoms with Gasteiger partial charge in [0.25, 0.3) is 0 Å². The average molecular weight is 432 g/mol. The van der Waals surface area contributed by atoms with Crippen molar-refractivity contribution in [3.8, 4) is 0 Å². The number of hydrogen-bond donors (Lipinski definition) is 1. The van der Waals surface area contributed by atoms with Gasteiger partial charge in [-0.2, -0.15) is 11.8 Å². The molecule has 8 heteroatoms. The summed E-state index contributed by atoms with van der Waals surface area (Å²) in [7, 11) is 0. The summed E-state index contributed by atoms with van der Waals surface area (Å²) in [6, 6.07) is 1.87. The highest BCUT2D eigenvalue weighted by Gasteiger charge is 2.38. The van der Waals surface area contributed by atoms with E-state index < -0.39 is 0 Å². The Balaban J connectivity index is 1.27. The molecular formula is C22H37N7S. The van der Waals surface area contributed by atoms with Gasteiger partial charge >= 0.3 is 0 Å². The first-order valence-corrected chi connectivity index (χ1v) is 12.7. The first-order valence-electron chi connectivity index (χ1n) is 11.7. The van der Waals surface area contributed by atoms with Gasteiger partial charge in [0, 0.05) is 75.3 Å². The van der Waals surface area contributed by atoms with Crippen molar-refractivity contribution in [2.45, 2.75) is 43.8 Å². The summed E-state index contributed by atoms with van der Waals surface area (Å²) < 4.78 is 0.475. The van der Waals surface area contributed by atoms with Crippen LogP contribution >= 0.6 is 11.8 Å². The number of aromatic nitrogens is 2. The van der Waals surface area contributed by atoms with Gasteiger partial charge in [-0.25, -0.2) is 9.97 Å². The Hall–Kier alpha value is -1.54. The highest BCUT2D eigenvalue weighted by Crippen LogP contribution is 2.42. The fraction of sp³-hybridized carbons (Fsp3) is 0.773. The maximum Gasteiger partial charge on any atom is 0.225 e. The summed E-state index contributed by atoms with van der Waals surface area (Å²) in [5.41, 5.74) is 0. The monoisotopic (exact) mass is 431 g/mol. The zero-order valence-electron chi connectivity index (χ0n) is 18.4. The Kier molecular flexibility index (Phi) is 7.71. The van der Waals surface area contributed by atoms with E-state index in [1.54, 1.807) is 0 Å². The van der Waals surface area contributed by atoms with E-state index in [0.717, 1.165) is 64.3 Å². The minimum Gasteiger partial charge on any atom is -0.357 e. The molecule has 0 atom stereocenters. The second-order valence-electron chi connectivity index (χ2n) is 8.63. The normalized spacial score (nSPS) is 23.0. The Bertz CT molecular complexity index is 664. The summed E-state index contributed by atoms with van der Waals surface area (Å²) in [5, 5.41) is 3.56. The molecule has 3 fully saturated rings. The van der Waals surface area contributed by atoms with Crippen LogP contribution in [0.1, 0.15) is 39.0 Å². The largest absolute Gasteiger partial charge is 0.357 e. The first kappa shape index (κ1) is 21.7. The summed E-state index contributed by atoms with van der Waals surface area (Å²) >= 11 is 2.22. The maximum absolute atomic E-state index is 5.03. The molecule has 0 amide bonds. The molecule has 1 aromatic rings. The molecule has 7 nitrogen and oxygen atoms in total.